The minimum Gasteiger partial charge on any atom is -0.352 e. The molecule has 0 unspecified atom stereocenters. The van der Waals surface area contributed by atoms with Gasteiger partial charge in [-0.1, -0.05) is 55.6 Å². The Labute approximate surface area is 224 Å². The fourth-order valence-corrected chi connectivity index (χ4v) is 5.80. The minimum absolute atomic E-state index is 0.00126. The monoisotopic (exact) mass is 551 g/mol. The number of rotatable bonds is 12. The van der Waals surface area contributed by atoms with Crippen molar-refractivity contribution < 1.29 is 22.4 Å². The van der Waals surface area contributed by atoms with E-state index in [9.17, 15) is 22.4 Å². The highest BCUT2D eigenvalue weighted by molar-refractivity contribution is 7.92. The van der Waals surface area contributed by atoms with E-state index in [4.69, 9.17) is 11.6 Å². The standard InChI is InChI=1S/C27H35ClFN3O4S/c1-3-24(27(34)30-22-9-4-5-10-22)31(19-20-14-16-21(28)17-15-20)26(33)13-8-18-32(37(2,35)36)25-12-7-6-11-23(25)29/h6-7,11-12,14-17,22,24H,3-5,8-10,13,18-19H2,1-2H3,(H,30,34)/t24-/m0/s1. The number of benzene rings is 2. The van der Waals surface area contributed by atoms with Gasteiger partial charge in [-0.2, -0.15) is 0 Å². The summed E-state index contributed by atoms with van der Waals surface area (Å²) >= 11 is 6.02. The quantitative estimate of drug-likeness (QED) is 0.407. The molecule has 1 aliphatic carbocycles. The number of nitrogens with zero attached hydrogens (tertiary/aromatic N) is 2. The lowest BCUT2D eigenvalue weighted by atomic mass is 10.1. The molecule has 0 aromatic heterocycles. The molecule has 0 spiro atoms. The summed E-state index contributed by atoms with van der Waals surface area (Å²) in [5, 5.41) is 3.67. The maximum Gasteiger partial charge on any atom is 0.243 e. The van der Waals surface area contributed by atoms with Crippen molar-refractivity contribution in [2.75, 3.05) is 17.1 Å². The number of para-hydroxylation sites is 1. The lowest BCUT2D eigenvalue weighted by Crippen LogP contribution is -2.51. The zero-order valence-electron chi connectivity index (χ0n) is 21.3. The van der Waals surface area contributed by atoms with Crippen LogP contribution in [0.3, 0.4) is 0 Å². The van der Waals surface area contributed by atoms with E-state index in [1.54, 1.807) is 23.1 Å². The van der Waals surface area contributed by atoms with E-state index in [1.165, 1.54) is 18.2 Å². The summed E-state index contributed by atoms with van der Waals surface area (Å²) in [6.45, 7) is 2.02. The van der Waals surface area contributed by atoms with Crippen LogP contribution in [-0.2, 0) is 26.2 Å². The van der Waals surface area contributed by atoms with Gasteiger partial charge in [0, 0.05) is 30.6 Å². The van der Waals surface area contributed by atoms with Gasteiger partial charge in [0.05, 0.1) is 11.9 Å². The van der Waals surface area contributed by atoms with Crippen LogP contribution in [0.5, 0.6) is 0 Å². The number of hydrogen-bond donors (Lipinski definition) is 1. The van der Waals surface area contributed by atoms with Crippen LogP contribution < -0.4 is 9.62 Å². The van der Waals surface area contributed by atoms with E-state index >= 15 is 0 Å². The molecule has 2 amide bonds. The fraction of sp³-hybridized carbons (Fsp3) is 0.481. The summed E-state index contributed by atoms with van der Waals surface area (Å²) in [6.07, 6.45) is 5.63. The third-order valence-corrected chi connectivity index (χ3v) is 8.06. The van der Waals surface area contributed by atoms with Crippen molar-refractivity contribution in [1.29, 1.82) is 0 Å². The van der Waals surface area contributed by atoms with Crippen molar-refractivity contribution in [1.82, 2.24) is 10.2 Å². The van der Waals surface area contributed by atoms with Crippen molar-refractivity contribution in [3.05, 3.63) is 64.9 Å². The Kier molecular flexibility index (Phi) is 10.3. The first-order valence-corrected chi connectivity index (χ1v) is 14.9. The van der Waals surface area contributed by atoms with E-state index in [2.05, 4.69) is 5.32 Å². The van der Waals surface area contributed by atoms with Gasteiger partial charge in [0.2, 0.25) is 21.8 Å². The molecule has 3 rings (SSSR count). The molecule has 2 aromatic carbocycles. The molecule has 1 N–H and O–H groups in total. The maximum atomic E-state index is 14.3. The third-order valence-electron chi connectivity index (χ3n) is 6.63. The van der Waals surface area contributed by atoms with Gasteiger partial charge in [-0.05, 0) is 55.5 Å². The van der Waals surface area contributed by atoms with Crippen molar-refractivity contribution in [2.24, 2.45) is 0 Å². The molecule has 1 fully saturated rings. The van der Waals surface area contributed by atoms with Crippen molar-refractivity contribution in [3.8, 4) is 0 Å². The molecule has 0 radical (unpaired) electrons. The molecule has 0 aliphatic heterocycles. The summed E-state index contributed by atoms with van der Waals surface area (Å²) in [7, 11) is -3.77. The summed E-state index contributed by atoms with van der Waals surface area (Å²) in [5.41, 5.74) is 0.770. The van der Waals surface area contributed by atoms with Crippen LogP contribution in [0.4, 0.5) is 10.1 Å². The summed E-state index contributed by atoms with van der Waals surface area (Å²) < 4.78 is 40.0. The number of carbonyl (C=O) groups excluding carboxylic acids is 2. The molecule has 202 valence electrons. The van der Waals surface area contributed by atoms with Crippen LogP contribution in [0.15, 0.2) is 48.5 Å². The number of nitrogens with one attached hydrogen (secondary N) is 1. The van der Waals surface area contributed by atoms with Gasteiger partial charge >= 0.3 is 0 Å². The Hall–Kier alpha value is -2.65. The molecular weight excluding hydrogens is 517 g/mol. The highest BCUT2D eigenvalue weighted by Crippen LogP contribution is 2.23. The van der Waals surface area contributed by atoms with Crippen LogP contribution >= 0.6 is 11.6 Å². The maximum absolute atomic E-state index is 14.3. The lowest BCUT2D eigenvalue weighted by molar-refractivity contribution is -0.141. The molecule has 2 aromatic rings. The van der Waals surface area contributed by atoms with Crippen LogP contribution in [0, 0.1) is 5.82 Å². The first kappa shape index (κ1) is 28.9. The van der Waals surface area contributed by atoms with Gasteiger partial charge in [-0.25, -0.2) is 12.8 Å². The number of halogens is 2. The largest absolute Gasteiger partial charge is 0.352 e. The molecule has 0 saturated heterocycles. The summed E-state index contributed by atoms with van der Waals surface area (Å²) in [4.78, 5) is 28.2. The Morgan fingerprint density at radius 2 is 1.76 bits per heavy atom. The number of hydrogen-bond acceptors (Lipinski definition) is 4. The minimum atomic E-state index is -3.77. The zero-order valence-corrected chi connectivity index (χ0v) is 22.9. The Balaban J connectivity index is 1.76. The molecule has 1 aliphatic rings. The lowest BCUT2D eigenvalue weighted by Gasteiger charge is -2.32. The number of amides is 2. The predicted molar refractivity (Wildman–Crippen MR) is 144 cm³/mol. The zero-order chi connectivity index (χ0) is 27.0. The van der Waals surface area contributed by atoms with Crippen molar-refractivity contribution >= 4 is 39.1 Å². The van der Waals surface area contributed by atoms with Gasteiger partial charge in [0.1, 0.15) is 11.9 Å². The third kappa shape index (κ3) is 8.17. The van der Waals surface area contributed by atoms with E-state index in [-0.39, 0.29) is 49.5 Å². The Bertz CT molecular complexity index is 1170. The smallest absolute Gasteiger partial charge is 0.243 e. The van der Waals surface area contributed by atoms with E-state index in [0.29, 0.717) is 11.4 Å². The van der Waals surface area contributed by atoms with Crippen LogP contribution in [0.2, 0.25) is 5.02 Å². The van der Waals surface area contributed by atoms with Gasteiger partial charge in [-0.3, -0.25) is 13.9 Å². The highest BCUT2D eigenvalue weighted by atomic mass is 35.5. The van der Waals surface area contributed by atoms with Crippen LogP contribution in [0.25, 0.3) is 0 Å². The number of anilines is 1. The predicted octanol–water partition coefficient (Wildman–Crippen LogP) is 4.89. The number of sulfonamides is 1. The molecule has 0 heterocycles. The summed E-state index contributed by atoms with van der Waals surface area (Å²) in [5.74, 6) is -1.11. The second-order valence-electron chi connectivity index (χ2n) is 9.45. The fourth-order valence-electron chi connectivity index (χ4n) is 4.71. The molecule has 37 heavy (non-hydrogen) atoms. The molecular formula is C27H35ClFN3O4S. The van der Waals surface area contributed by atoms with Crippen molar-refractivity contribution in [3.63, 3.8) is 0 Å². The first-order valence-electron chi connectivity index (χ1n) is 12.7. The SMILES string of the molecule is CC[C@@H](C(=O)NC1CCCC1)N(Cc1ccc(Cl)cc1)C(=O)CCCN(c1ccccc1F)S(C)(=O)=O. The molecule has 1 atom stereocenters. The number of carbonyl (C=O) groups is 2. The summed E-state index contributed by atoms with van der Waals surface area (Å²) in [6, 6.07) is 12.2. The van der Waals surface area contributed by atoms with Gasteiger partial charge < -0.3 is 10.2 Å². The van der Waals surface area contributed by atoms with Crippen LogP contribution in [0.1, 0.15) is 57.4 Å². The first-order chi connectivity index (χ1) is 17.6. The van der Waals surface area contributed by atoms with Gasteiger partial charge in [0.25, 0.3) is 0 Å². The average molecular weight is 552 g/mol. The van der Waals surface area contributed by atoms with E-state index < -0.39 is 21.9 Å². The van der Waals surface area contributed by atoms with Crippen molar-refractivity contribution in [2.45, 2.75) is 70.5 Å². The van der Waals surface area contributed by atoms with Gasteiger partial charge in [-0.15, -0.1) is 0 Å². The topological polar surface area (TPSA) is 86.8 Å². The molecule has 0 bridgehead atoms. The Morgan fingerprint density at radius 3 is 2.35 bits per heavy atom. The van der Waals surface area contributed by atoms with E-state index in [1.807, 2.05) is 19.1 Å². The Morgan fingerprint density at radius 1 is 1.11 bits per heavy atom. The molecule has 7 nitrogen and oxygen atoms in total. The average Bonchev–Trinajstić information content (AvgIpc) is 3.36. The molecule has 1 saturated carbocycles. The molecule has 10 heteroatoms. The second-order valence-corrected chi connectivity index (χ2v) is 11.8. The highest BCUT2D eigenvalue weighted by Gasteiger charge is 2.31. The van der Waals surface area contributed by atoms with Crippen LogP contribution in [-0.4, -0.2) is 50.0 Å². The van der Waals surface area contributed by atoms with E-state index in [0.717, 1.165) is 41.8 Å². The normalized spacial score (nSPS) is 14.8. The van der Waals surface area contributed by atoms with Gasteiger partial charge in [0.15, 0.2) is 0 Å². The second kappa shape index (κ2) is 13.2.